The van der Waals surface area contributed by atoms with Crippen LogP contribution in [-0.4, -0.2) is 197 Å². The van der Waals surface area contributed by atoms with Crippen LogP contribution < -0.4 is 32.9 Å². The van der Waals surface area contributed by atoms with Gasteiger partial charge in [0.05, 0.1) is 101 Å². The first kappa shape index (κ1) is 70.7. The third-order valence-electron chi connectivity index (χ3n) is 12.5. The zero-order valence-electron chi connectivity index (χ0n) is 46.3. The zero-order chi connectivity index (χ0) is 65.9. The Kier molecular flexibility index (Phi) is 23.7. The molecule has 0 radical (unpaired) electrons. The van der Waals surface area contributed by atoms with Crippen LogP contribution in [0.3, 0.4) is 0 Å². The molecular weight excluding hydrogens is 1310 g/mol. The van der Waals surface area contributed by atoms with Crippen molar-refractivity contribution in [1.82, 2.24) is 25.2 Å². The van der Waals surface area contributed by atoms with Gasteiger partial charge in [0.25, 0.3) is 5.91 Å². The highest BCUT2D eigenvalue weighted by molar-refractivity contribution is 7.86. The number of anilines is 2. The third kappa shape index (κ3) is 18.5. The lowest BCUT2D eigenvalue weighted by Crippen LogP contribution is -2.47. The van der Waals surface area contributed by atoms with Crippen molar-refractivity contribution in [2.24, 2.45) is 0 Å². The highest BCUT2D eigenvalue weighted by Gasteiger charge is 2.47. The van der Waals surface area contributed by atoms with Gasteiger partial charge in [-0.2, -0.15) is 17.0 Å². The molecule has 7 rings (SSSR count). The standard InChI is InChI=1S/C48H57N8O29P3S2/c49-32-7-5-29-37(30-6-8-33(50)43(90(73,74)75)41(30)83-40(29)42(32)89(70,71)72)28-4-3-26(22-31(28)48(61)62)46(60)53-11-13-77-15-17-79-19-21-80-20-18-78-16-14-76-12-9-35(57)52-10-1-2-27-23-56(45-36(27)44(51)54-25-55-45)47-39(59)38(58)34(82-47)24-81-87(66,67)85-88(68,69)84-86(63,64)65/h3-8,22-23,25,34,38-39,47,49,58-59H,9-21,24,50H2,(H,52,57)(H,53,60)(H,61,62)(H,66,67)(H,68,69)(H2,51,54,55)(H2,63,64,65)(H,70,71,72)(H,73,74,75)/t34-,38-,39-,47-/m1/s1. The number of aromatic nitrogens is 3. The van der Waals surface area contributed by atoms with E-state index in [0.717, 1.165) is 24.5 Å². The Hall–Kier alpha value is -6.77. The number of benzene rings is 3. The number of ether oxygens (including phenoxy) is 6. The Balaban J connectivity index is 0.751. The number of rotatable bonds is 32. The summed E-state index contributed by atoms with van der Waals surface area (Å²) >= 11 is 0. The number of nitrogens with one attached hydrogen (secondary N) is 2. The Morgan fingerprint density at radius 2 is 1.41 bits per heavy atom. The van der Waals surface area contributed by atoms with Crippen molar-refractivity contribution in [3.8, 4) is 34.3 Å². The van der Waals surface area contributed by atoms with Crippen molar-refractivity contribution >= 4 is 95.0 Å². The van der Waals surface area contributed by atoms with Crippen LogP contribution in [0.4, 0.5) is 11.5 Å². The van der Waals surface area contributed by atoms with E-state index in [9.17, 15) is 79.1 Å². The average Bonchev–Trinajstić information content (AvgIpc) is 0.865. The van der Waals surface area contributed by atoms with Gasteiger partial charge >= 0.3 is 39.6 Å². The smallest absolute Gasteiger partial charge is 0.490 e. The Labute approximate surface area is 507 Å². The maximum absolute atomic E-state index is 13.1. The number of amides is 2. The Bertz CT molecular complexity index is 4140. The molecule has 1 aliphatic carbocycles. The van der Waals surface area contributed by atoms with Crippen LogP contribution in [0.15, 0.2) is 69.2 Å². The van der Waals surface area contributed by atoms with E-state index in [2.05, 4.69) is 45.6 Å². The lowest BCUT2D eigenvalue weighted by molar-refractivity contribution is -0.176. The van der Waals surface area contributed by atoms with E-state index in [0.29, 0.717) is 0 Å². The molecule has 2 amide bonds. The van der Waals surface area contributed by atoms with Crippen molar-refractivity contribution in [2.45, 2.75) is 40.8 Å². The second-order valence-electron chi connectivity index (χ2n) is 18.7. The molecule has 90 heavy (non-hydrogen) atoms. The fourth-order valence-corrected chi connectivity index (χ4v) is 13.2. The summed E-state index contributed by atoms with van der Waals surface area (Å²) in [6.07, 6.45) is -4.25. The molecular formula is C48H57N8O29P3S2. The highest BCUT2D eigenvalue weighted by atomic mass is 32.2. The van der Waals surface area contributed by atoms with Gasteiger partial charge in [0.2, 0.25) is 16.2 Å². The normalized spacial score (nSPS) is 17.6. The van der Waals surface area contributed by atoms with Gasteiger partial charge in [-0.15, -0.1) is 0 Å². The van der Waals surface area contributed by atoms with E-state index in [4.69, 9.17) is 59.5 Å². The molecule has 37 nitrogen and oxygen atoms in total. The van der Waals surface area contributed by atoms with E-state index in [1.165, 1.54) is 35.0 Å². The molecule has 4 aromatic rings. The van der Waals surface area contributed by atoms with Crippen LogP contribution in [0.2, 0.25) is 0 Å². The predicted octanol–water partition coefficient (Wildman–Crippen LogP) is -2.04. The van der Waals surface area contributed by atoms with Gasteiger partial charge in [0, 0.05) is 47.3 Å². The highest BCUT2D eigenvalue weighted by Crippen LogP contribution is 2.66. The summed E-state index contributed by atoms with van der Waals surface area (Å²) in [5.74, 6) is 2.10. The Morgan fingerprint density at radius 1 is 0.789 bits per heavy atom. The first-order valence-electron chi connectivity index (χ1n) is 25.8. The molecule has 490 valence electrons. The van der Waals surface area contributed by atoms with E-state index in [-0.39, 0.29) is 136 Å². The van der Waals surface area contributed by atoms with Crippen LogP contribution in [0.5, 0.6) is 0 Å². The number of carbonyl (C=O) groups is 3. The second-order valence-corrected chi connectivity index (χ2v) is 25.8. The summed E-state index contributed by atoms with van der Waals surface area (Å²) in [5.41, 5.74) is 9.67. The predicted molar refractivity (Wildman–Crippen MR) is 301 cm³/mol. The van der Waals surface area contributed by atoms with Gasteiger partial charge in [-0.25, -0.2) is 36.9 Å². The largest absolute Gasteiger partial charge is 0.744 e. The van der Waals surface area contributed by atoms with Crippen molar-refractivity contribution in [3.05, 3.63) is 77.0 Å². The van der Waals surface area contributed by atoms with Crippen LogP contribution in [0.25, 0.3) is 44.5 Å². The fraction of sp³-hybridized carbons (Fsp3) is 0.375. The van der Waals surface area contributed by atoms with E-state index in [1.54, 1.807) is 0 Å². The number of fused-ring (bicyclic) bond motifs is 3. The van der Waals surface area contributed by atoms with Gasteiger partial charge in [0.1, 0.15) is 51.1 Å². The van der Waals surface area contributed by atoms with Crippen LogP contribution >= 0.6 is 23.5 Å². The number of hydrogen-bond donors (Lipinski definition) is 13. The summed E-state index contributed by atoms with van der Waals surface area (Å²) in [6.45, 7) is 0.484. The first-order valence-corrected chi connectivity index (χ1v) is 33.2. The number of hydrogen-bond acceptors (Lipinski definition) is 27. The number of carbonyl (C=O) groups excluding carboxylic acids is 2. The van der Waals surface area contributed by atoms with Gasteiger partial charge in [-0.1, -0.05) is 17.9 Å². The number of nitrogens with two attached hydrogens (primary N) is 3. The molecule has 42 heteroatoms. The van der Waals surface area contributed by atoms with Crippen LogP contribution in [0, 0.1) is 11.8 Å². The molecule has 2 aromatic carbocycles. The van der Waals surface area contributed by atoms with Crippen molar-refractivity contribution in [1.29, 1.82) is 0 Å². The molecule has 3 aliphatic rings. The number of phosphoric acid groups is 3. The summed E-state index contributed by atoms with van der Waals surface area (Å²) in [7, 11) is -27.7. The summed E-state index contributed by atoms with van der Waals surface area (Å²) in [5, 5.41) is 42.3. The quantitative estimate of drug-likeness (QED) is 0.00540. The molecule has 2 unspecified atom stereocenters. The summed E-state index contributed by atoms with van der Waals surface area (Å²) in [4.78, 5) is 80.9. The van der Waals surface area contributed by atoms with Crippen molar-refractivity contribution in [3.63, 3.8) is 0 Å². The Morgan fingerprint density at radius 3 is 2.02 bits per heavy atom. The van der Waals surface area contributed by atoms with Gasteiger partial charge in [-0.3, -0.25) is 24.1 Å². The van der Waals surface area contributed by atoms with E-state index in [1.807, 2.05) is 0 Å². The number of aromatic carboxylic acids is 1. The number of carboxylic acids is 1. The number of carboxylic acid groups (broad SMARTS) is 1. The van der Waals surface area contributed by atoms with Gasteiger partial charge < -0.3 is 99.0 Å². The van der Waals surface area contributed by atoms with Crippen molar-refractivity contribution < 1.29 is 140 Å². The SMILES string of the molecule is Nc1ccc2c(-c3ccc(C(=O)NCCOCCOCCOCCOCCOCCC(=O)NCC#Cc4cn([C@@H]5O[C@H](COP(=O)(O)OP(=O)(O)OP(=O)(O)O)[C@@H](O)[C@H]5O)c5ncnc(N)c45)cc3C(=O)O)c3ccc(=[NH2+])c(S(=O)(=O)O)c-3oc2c1S(=O)(=O)[O-]. The lowest BCUT2D eigenvalue weighted by Gasteiger charge is -2.21. The fourth-order valence-electron chi connectivity index (χ4n) is 8.71. The molecule has 0 spiro atoms. The lowest BCUT2D eigenvalue weighted by atomic mass is 9.89. The second kappa shape index (κ2) is 30.1. The summed E-state index contributed by atoms with van der Waals surface area (Å²) in [6, 6.07) is 8.03. The van der Waals surface area contributed by atoms with Gasteiger partial charge in [0.15, 0.2) is 17.6 Å². The van der Waals surface area contributed by atoms with Gasteiger partial charge in [-0.05, 0) is 35.9 Å². The third-order valence-corrected chi connectivity index (χ3v) is 18.1. The average molecular weight is 1370 g/mol. The number of aliphatic hydroxyl groups is 2. The number of phosphoric ester groups is 1. The molecule has 1 fully saturated rings. The molecule has 0 saturated carbocycles. The number of nitrogens with zero attached hydrogens (tertiary/aromatic N) is 3. The van der Waals surface area contributed by atoms with E-state index < -0.39 is 130 Å². The van der Waals surface area contributed by atoms with Crippen LogP contribution in [0.1, 0.15) is 38.9 Å². The summed E-state index contributed by atoms with van der Waals surface area (Å²) < 4.78 is 159. The minimum absolute atomic E-state index is 0.0112. The molecule has 16 N–H and O–H groups in total. The topological polar surface area (TPSA) is 584 Å². The van der Waals surface area contributed by atoms with Crippen molar-refractivity contribution in [2.75, 3.05) is 97.2 Å². The molecule has 4 heterocycles. The molecule has 2 aliphatic heterocycles. The minimum Gasteiger partial charge on any atom is -0.744 e. The number of aliphatic hydroxyl groups excluding tert-OH is 2. The molecule has 0 bridgehead atoms. The molecule has 1 saturated heterocycles. The maximum Gasteiger partial charge on any atom is 0.490 e. The maximum atomic E-state index is 13.1. The zero-order valence-corrected chi connectivity index (χ0v) is 50.6. The number of nitrogen functional groups attached to an aromatic ring is 2. The molecule has 6 atom stereocenters. The van der Waals surface area contributed by atoms with E-state index >= 15 is 0 Å². The molecule has 2 aromatic heterocycles. The first-order chi connectivity index (χ1) is 42.3. The monoisotopic (exact) mass is 1370 g/mol. The minimum atomic E-state index is -5.83. The van der Waals surface area contributed by atoms with Crippen LogP contribution in [-0.2, 0) is 80.3 Å².